The molecule has 1 saturated heterocycles. The standard InChI is InChI=1S/C15H28O8/c1-2-3-4-5-6-21-8-10(17)9-22-14-13(19)12(18)11(7-16)23-15(14)20/h5-6,10-20H,2-4,7-9H2,1H3/b6-5+/t10?,11-,12+,13+,14-,15-/m1/s1. The molecule has 0 saturated carbocycles. The topological polar surface area (TPSA) is 129 Å². The van der Waals surface area contributed by atoms with Crippen molar-refractivity contribution in [3.8, 4) is 0 Å². The van der Waals surface area contributed by atoms with Gasteiger partial charge in [-0.25, -0.2) is 0 Å². The summed E-state index contributed by atoms with van der Waals surface area (Å²) in [4.78, 5) is 0. The van der Waals surface area contributed by atoms with E-state index < -0.39 is 43.4 Å². The van der Waals surface area contributed by atoms with E-state index in [1.54, 1.807) is 0 Å². The predicted molar refractivity (Wildman–Crippen MR) is 80.3 cm³/mol. The Morgan fingerprint density at radius 1 is 1.17 bits per heavy atom. The van der Waals surface area contributed by atoms with Crippen LogP contribution in [-0.4, -0.2) is 82.2 Å². The molecule has 1 fully saturated rings. The van der Waals surface area contributed by atoms with Crippen molar-refractivity contribution in [3.63, 3.8) is 0 Å². The first-order valence-corrected chi connectivity index (χ1v) is 7.88. The summed E-state index contributed by atoms with van der Waals surface area (Å²) in [6, 6.07) is 0. The second kappa shape index (κ2) is 10.9. The third-order valence-electron chi connectivity index (χ3n) is 3.53. The van der Waals surface area contributed by atoms with Gasteiger partial charge in [0.25, 0.3) is 0 Å². The fourth-order valence-corrected chi connectivity index (χ4v) is 2.15. The Hall–Kier alpha value is -0.740. The molecule has 0 aromatic rings. The van der Waals surface area contributed by atoms with Gasteiger partial charge in [-0.2, -0.15) is 0 Å². The van der Waals surface area contributed by atoms with E-state index in [1.165, 1.54) is 6.26 Å². The Morgan fingerprint density at radius 3 is 2.57 bits per heavy atom. The highest BCUT2D eigenvalue weighted by Gasteiger charge is 2.44. The second-order valence-electron chi connectivity index (χ2n) is 5.53. The Labute approximate surface area is 135 Å². The number of hydrogen-bond donors (Lipinski definition) is 5. The number of aliphatic hydroxyl groups is 5. The van der Waals surface area contributed by atoms with Crippen molar-refractivity contribution in [3.05, 3.63) is 12.3 Å². The molecule has 6 atom stereocenters. The average molecular weight is 336 g/mol. The first-order chi connectivity index (χ1) is 11.0. The van der Waals surface area contributed by atoms with Gasteiger partial charge in [0.05, 0.1) is 19.5 Å². The maximum absolute atomic E-state index is 9.87. The average Bonchev–Trinajstić information content (AvgIpc) is 2.54. The Morgan fingerprint density at radius 2 is 1.91 bits per heavy atom. The molecular weight excluding hydrogens is 308 g/mol. The van der Waals surface area contributed by atoms with Crippen molar-refractivity contribution < 1.29 is 39.7 Å². The third-order valence-corrected chi connectivity index (χ3v) is 3.53. The van der Waals surface area contributed by atoms with Crippen molar-refractivity contribution in [1.82, 2.24) is 0 Å². The summed E-state index contributed by atoms with van der Waals surface area (Å²) < 4.78 is 15.3. The Balaban J connectivity index is 2.29. The summed E-state index contributed by atoms with van der Waals surface area (Å²) in [7, 11) is 0. The van der Waals surface area contributed by atoms with Crippen LogP contribution in [0.3, 0.4) is 0 Å². The van der Waals surface area contributed by atoms with Crippen molar-refractivity contribution in [2.75, 3.05) is 19.8 Å². The Bertz CT molecular complexity index is 337. The molecule has 0 bridgehead atoms. The lowest BCUT2D eigenvalue weighted by atomic mass is 9.99. The summed E-state index contributed by atoms with van der Waals surface area (Å²) in [6.07, 6.45) is -1.13. The molecule has 1 unspecified atom stereocenters. The van der Waals surface area contributed by atoms with Crippen LogP contribution in [-0.2, 0) is 14.2 Å². The molecule has 8 heteroatoms. The molecule has 5 N–H and O–H groups in total. The fourth-order valence-electron chi connectivity index (χ4n) is 2.15. The zero-order chi connectivity index (χ0) is 17.2. The van der Waals surface area contributed by atoms with Gasteiger partial charge in [0, 0.05) is 0 Å². The first kappa shape index (κ1) is 20.3. The van der Waals surface area contributed by atoms with E-state index in [0.717, 1.165) is 19.3 Å². The van der Waals surface area contributed by atoms with E-state index in [1.807, 2.05) is 6.08 Å². The molecular formula is C15H28O8. The summed E-state index contributed by atoms with van der Waals surface area (Å²) in [5.41, 5.74) is 0. The molecule has 1 rings (SSSR count). The lowest BCUT2D eigenvalue weighted by molar-refractivity contribution is -0.299. The molecule has 0 aromatic carbocycles. The van der Waals surface area contributed by atoms with E-state index in [-0.39, 0.29) is 13.2 Å². The van der Waals surface area contributed by atoms with E-state index in [9.17, 15) is 20.4 Å². The quantitative estimate of drug-likeness (QED) is 0.251. The van der Waals surface area contributed by atoms with Gasteiger partial charge >= 0.3 is 0 Å². The van der Waals surface area contributed by atoms with Gasteiger partial charge in [-0.1, -0.05) is 13.3 Å². The van der Waals surface area contributed by atoms with E-state index in [4.69, 9.17) is 19.3 Å². The van der Waals surface area contributed by atoms with Gasteiger partial charge in [0.15, 0.2) is 6.29 Å². The van der Waals surface area contributed by atoms with Gasteiger partial charge in [-0.3, -0.25) is 0 Å². The highest BCUT2D eigenvalue weighted by molar-refractivity contribution is 4.89. The minimum Gasteiger partial charge on any atom is -0.499 e. The maximum Gasteiger partial charge on any atom is 0.184 e. The monoisotopic (exact) mass is 336 g/mol. The molecule has 1 heterocycles. The first-order valence-electron chi connectivity index (χ1n) is 7.88. The fraction of sp³-hybridized carbons (Fsp3) is 0.867. The number of unbranched alkanes of at least 4 members (excludes halogenated alkanes) is 2. The number of ether oxygens (including phenoxy) is 3. The third kappa shape index (κ3) is 6.72. The van der Waals surface area contributed by atoms with Crippen LogP contribution in [0.1, 0.15) is 26.2 Å². The number of allylic oxidation sites excluding steroid dienone is 1. The normalized spacial score (nSPS) is 33.0. The van der Waals surface area contributed by atoms with Crippen LogP contribution in [0, 0.1) is 0 Å². The van der Waals surface area contributed by atoms with Crippen LogP contribution in [0.15, 0.2) is 12.3 Å². The highest BCUT2D eigenvalue weighted by atomic mass is 16.7. The Kier molecular flexibility index (Phi) is 9.65. The second-order valence-corrected chi connectivity index (χ2v) is 5.53. The van der Waals surface area contributed by atoms with Crippen molar-refractivity contribution in [1.29, 1.82) is 0 Å². The van der Waals surface area contributed by atoms with Gasteiger partial charge < -0.3 is 39.7 Å². The van der Waals surface area contributed by atoms with E-state index in [2.05, 4.69) is 6.92 Å². The van der Waals surface area contributed by atoms with E-state index >= 15 is 0 Å². The minimum absolute atomic E-state index is 0.00418. The van der Waals surface area contributed by atoms with Gasteiger partial charge in [0.2, 0.25) is 0 Å². The molecule has 0 spiro atoms. The lowest BCUT2D eigenvalue weighted by Gasteiger charge is -2.39. The van der Waals surface area contributed by atoms with Gasteiger partial charge in [-0.15, -0.1) is 0 Å². The summed E-state index contributed by atoms with van der Waals surface area (Å²) in [5.74, 6) is 0. The molecule has 0 aliphatic carbocycles. The van der Waals surface area contributed by atoms with Crippen molar-refractivity contribution >= 4 is 0 Å². The van der Waals surface area contributed by atoms with Crippen LogP contribution in [0.25, 0.3) is 0 Å². The molecule has 1 aliphatic rings. The smallest absolute Gasteiger partial charge is 0.184 e. The summed E-state index contributed by atoms with van der Waals surface area (Å²) in [5, 5.41) is 48.0. The molecule has 23 heavy (non-hydrogen) atoms. The molecule has 0 amide bonds. The zero-order valence-corrected chi connectivity index (χ0v) is 13.3. The maximum atomic E-state index is 9.87. The van der Waals surface area contributed by atoms with Crippen molar-refractivity contribution in [2.45, 2.75) is 63.0 Å². The predicted octanol–water partition coefficient (Wildman–Crippen LogP) is -1.12. The van der Waals surface area contributed by atoms with Crippen LogP contribution in [0.5, 0.6) is 0 Å². The van der Waals surface area contributed by atoms with Gasteiger partial charge in [-0.05, 0) is 18.9 Å². The lowest BCUT2D eigenvalue weighted by Crippen LogP contribution is -2.59. The molecule has 0 aromatic heterocycles. The minimum atomic E-state index is -1.51. The SMILES string of the molecule is CCCC/C=C/OCC(O)CO[C@@H]1[C@@H](O)[C@@H](O)[C@@H](CO)O[C@H]1O. The molecule has 0 radical (unpaired) electrons. The summed E-state index contributed by atoms with van der Waals surface area (Å²) >= 11 is 0. The largest absolute Gasteiger partial charge is 0.499 e. The number of hydrogen-bond acceptors (Lipinski definition) is 8. The van der Waals surface area contributed by atoms with Gasteiger partial charge in [0.1, 0.15) is 37.1 Å². The summed E-state index contributed by atoms with van der Waals surface area (Å²) in [6.45, 7) is 1.35. The zero-order valence-electron chi connectivity index (χ0n) is 13.3. The number of rotatable bonds is 10. The number of aliphatic hydroxyl groups excluding tert-OH is 5. The molecule has 8 nitrogen and oxygen atoms in total. The highest BCUT2D eigenvalue weighted by Crippen LogP contribution is 2.22. The molecule has 136 valence electrons. The van der Waals surface area contributed by atoms with Crippen LogP contribution in [0.4, 0.5) is 0 Å². The van der Waals surface area contributed by atoms with Crippen LogP contribution < -0.4 is 0 Å². The van der Waals surface area contributed by atoms with Crippen LogP contribution in [0.2, 0.25) is 0 Å². The molecule has 1 aliphatic heterocycles. The van der Waals surface area contributed by atoms with Crippen molar-refractivity contribution in [2.24, 2.45) is 0 Å². The van der Waals surface area contributed by atoms with Crippen LogP contribution >= 0.6 is 0 Å². The van der Waals surface area contributed by atoms with E-state index in [0.29, 0.717) is 0 Å².